The van der Waals surface area contributed by atoms with Crippen LogP contribution >= 0.6 is 39.1 Å². The zero-order valence-corrected chi connectivity index (χ0v) is 21.6. The standard InChI is InChI=1S/C24H21BrCl2N2O3S/c1-16-12-17-4-2-3-5-23(17)29(16)24(30)15-28(14-18-6-9-20(26)13-22(18)27)33(31,32)21-10-7-19(25)8-11-21/h2-11,13,16H,12,14-15H2,1H3/t16-/m0/s1. The van der Waals surface area contributed by atoms with Gasteiger partial charge in [-0.2, -0.15) is 4.31 Å². The fraction of sp³-hybridized carbons (Fsp3) is 0.208. The average Bonchev–Trinajstić information content (AvgIpc) is 3.11. The predicted octanol–water partition coefficient (Wildman–Crippen LogP) is 5.92. The number of anilines is 1. The Morgan fingerprint density at radius 1 is 1.09 bits per heavy atom. The normalized spacial score (nSPS) is 15.7. The van der Waals surface area contributed by atoms with Crippen molar-refractivity contribution in [2.75, 3.05) is 11.4 Å². The van der Waals surface area contributed by atoms with Gasteiger partial charge in [0.2, 0.25) is 15.9 Å². The molecular weight excluding hydrogens is 547 g/mol. The molecule has 0 spiro atoms. The lowest BCUT2D eigenvalue weighted by Crippen LogP contribution is -2.44. The second-order valence-corrected chi connectivity index (χ2v) is 11.6. The van der Waals surface area contributed by atoms with Gasteiger partial charge in [-0.05, 0) is 66.9 Å². The number of carbonyl (C=O) groups is 1. The van der Waals surface area contributed by atoms with Gasteiger partial charge in [0.1, 0.15) is 0 Å². The highest BCUT2D eigenvalue weighted by atomic mass is 79.9. The Balaban J connectivity index is 1.69. The van der Waals surface area contributed by atoms with Crippen molar-refractivity contribution in [1.82, 2.24) is 4.31 Å². The van der Waals surface area contributed by atoms with Crippen LogP contribution in [0, 0.1) is 0 Å². The van der Waals surface area contributed by atoms with E-state index in [1.165, 1.54) is 16.4 Å². The van der Waals surface area contributed by atoms with Gasteiger partial charge < -0.3 is 4.90 Å². The predicted molar refractivity (Wildman–Crippen MR) is 135 cm³/mol. The van der Waals surface area contributed by atoms with Gasteiger partial charge in [-0.25, -0.2) is 8.42 Å². The number of carbonyl (C=O) groups excluding carboxylic acids is 1. The Kier molecular flexibility index (Phi) is 7.17. The number of amides is 1. The molecule has 0 N–H and O–H groups in total. The highest BCUT2D eigenvalue weighted by Gasteiger charge is 2.34. The Bertz CT molecular complexity index is 1300. The maximum atomic E-state index is 13.6. The Morgan fingerprint density at radius 3 is 2.48 bits per heavy atom. The van der Waals surface area contributed by atoms with Crippen LogP contribution in [-0.2, 0) is 27.8 Å². The van der Waals surface area contributed by atoms with Crippen LogP contribution in [0.4, 0.5) is 5.69 Å². The molecule has 33 heavy (non-hydrogen) atoms. The summed E-state index contributed by atoms with van der Waals surface area (Å²) in [6.45, 7) is 1.57. The van der Waals surface area contributed by atoms with Crippen molar-refractivity contribution >= 4 is 60.7 Å². The van der Waals surface area contributed by atoms with E-state index in [0.29, 0.717) is 15.6 Å². The molecule has 3 aromatic rings. The molecule has 0 unspecified atom stereocenters. The SMILES string of the molecule is C[C@H]1Cc2ccccc2N1C(=O)CN(Cc1ccc(Cl)cc1Cl)S(=O)(=O)c1ccc(Br)cc1. The number of sulfonamides is 1. The third-order valence-electron chi connectivity index (χ3n) is 5.60. The third-order valence-corrected chi connectivity index (χ3v) is 8.52. The van der Waals surface area contributed by atoms with E-state index in [-0.39, 0.29) is 29.9 Å². The first kappa shape index (κ1) is 24.2. The molecule has 1 aliphatic heterocycles. The number of halogens is 3. The molecular formula is C24H21BrCl2N2O3S. The number of rotatable bonds is 6. The van der Waals surface area contributed by atoms with Crippen LogP contribution in [0.25, 0.3) is 0 Å². The molecule has 0 saturated carbocycles. The van der Waals surface area contributed by atoms with Crippen molar-refractivity contribution in [2.45, 2.75) is 30.8 Å². The molecule has 0 fully saturated rings. The summed E-state index contributed by atoms with van der Waals surface area (Å²) in [5.74, 6) is -0.293. The van der Waals surface area contributed by atoms with Gasteiger partial charge in [0.05, 0.1) is 11.4 Å². The first-order valence-electron chi connectivity index (χ1n) is 10.3. The summed E-state index contributed by atoms with van der Waals surface area (Å²) in [7, 11) is -3.99. The van der Waals surface area contributed by atoms with Crippen LogP contribution in [0.1, 0.15) is 18.1 Å². The smallest absolute Gasteiger partial charge is 0.243 e. The Hall–Kier alpha value is -1.90. The van der Waals surface area contributed by atoms with Crippen LogP contribution in [-0.4, -0.2) is 31.2 Å². The van der Waals surface area contributed by atoms with Gasteiger partial charge >= 0.3 is 0 Å². The molecule has 0 bridgehead atoms. The van der Waals surface area contributed by atoms with Gasteiger partial charge in [0.15, 0.2) is 0 Å². The number of para-hydroxylation sites is 1. The van der Waals surface area contributed by atoms with E-state index < -0.39 is 10.0 Å². The monoisotopic (exact) mass is 566 g/mol. The van der Waals surface area contributed by atoms with E-state index in [9.17, 15) is 13.2 Å². The molecule has 9 heteroatoms. The summed E-state index contributed by atoms with van der Waals surface area (Å²) in [4.78, 5) is 15.2. The quantitative estimate of drug-likeness (QED) is 0.371. The van der Waals surface area contributed by atoms with E-state index in [0.717, 1.165) is 22.1 Å². The second kappa shape index (κ2) is 9.76. The van der Waals surface area contributed by atoms with Crippen LogP contribution in [0.15, 0.2) is 76.1 Å². The zero-order valence-electron chi connectivity index (χ0n) is 17.7. The number of hydrogen-bond donors (Lipinski definition) is 0. The fourth-order valence-corrected chi connectivity index (χ4v) is 6.09. The van der Waals surface area contributed by atoms with Crippen LogP contribution in [0.5, 0.6) is 0 Å². The minimum absolute atomic E-state index is 0.0637. The van der Waals surface area contributed by atoms with Gasteiger partial charge in [-0.1, -0.05) is 63.4 Å². The van der Waals surface area contributed by atoms with Crippen molar-refractivity contribution < 1.29 is 13.2 Å². The van der Waals surface area contributed by atoms with Crippen molar-refractivity contribution in [3.05, 3.63) is 92.4 Å². The van der Waals surface area contributed by atoms with E-state index in [2.05, 4.69) is 15.9 Å². The first-order valence-corrected chi connectivity index (χ1v) is 13.3. The second-order valence-electron chi connectivity index (χ2n) is 7.91. The molecule has 1 aliphatic rings. The maximum absolute atomic E-state index is 13.6. The minimum Gasteiger partial charge on any atom is -0.308 e. The van der Waals surface area contributed by atoms with Crippen LogP contribution < -0.4 is 4.90 Å². The van der Waals surface area contributed by atoms with E-state index in [1.807, 2.05) is 31.2 Å². The Morgan fingerprint density at radius 2 is 1.79 bits per heavy atom. The number of fused-ring (bicyclic) bond motifs is 1. The molecule has 5 nitrogen and oxygen atoms in total. The molecule has 0 radical (unpaired) electrons. The summed E-state index contributed by atoms with van der Waals surface area (Å²) in [5.41, 5.74) is 2.45. The lowest BCUT2D eigenvalue weighted by molar-refractivity contribution is -0.119. The van der Waals surface area contributed by atoms with Crippen molar-refractivity contribution in [1.29, 1.82) is 0 Å². The summed E-state index contributed by atoms with van der Waals surface area (Å²) in [6, 6.07) is 18.8. The molecule has 4 rings (SSSR count). The van der Waals surface area contributed by atoms with Gasteiger partial charge in [0.25, 0.3) is 0 Å². The maximum Gasteiger partial charge on any atom is 0.243 e. The molecule has 0 saturated heterocycles. The van der Waals surface area contributed by atoms with Crippen molar-refractivity contribution in [3.63, 3.8) is 0 Å². The third kappa shape index (κ3) is 5.12. The van der Waals surface area contributed by atoms with Crippen LogP contribution in [0.3, 0.4) is 0 Å². The van der Waals surface area contributed by atoms with E-state index in [1.54, 1.807) is 35.2 Å². The highest BCUT2D eigenvalue weighted by molar-refractivity contribution is 9.10. The summed E-state index contributed by atoms with van der Waals surface area (Å²) < 4.78 is 29.1. The van der Waals surface area contributed by atoms with Gasteiger partial charge in [0, 0.05) is 32.8 Å². The van der Waals surface area contributed by atoms with Crippen molar-refractivity contribution in [3.8, 4) is 0 Å². The van der Waals surface area contributed by atoms with Gasteiger partial charge in [-0.3, -0.25) is 4.79 Å². The summed E-state index contributed by atoms with van der Waals surface area (Å²) in [5, 5.41) is 0.787. The lowest BCUT2D eigenvalue weighted by atomic mass is 10.1. The lowest BCUT2D eigenvalue weighted by Gasteiger charge is -2.28. The number of nitrogens with zero attached hydrogens (tertiary/aromatic N) is 2. The number of hydrogen-bond acceptors (Lipinski definition) is 3. The zero-order chi connectivity index (χ0) is 23.8. The van der Waals surface area contributed by atoms with Gasteiger partial charge in [-0.15, -0.1) is 0 Å². The molecule has 3 aromatic carbocycles. The van der Waals surface area contributed by atoms with E-state index >= 15 is 0 Å². The Labute approximate surface area is 212 Å². The molecule has 0 aromatic heterocycles. The van der Waals surface area contributed by atoms with E-state index in [4.69, 9.17) is 23.2 Å². The van der Waals surface area contributed by atoms with Crippen LogP contribution in [0.2, 0.25) is 10.0 Å². The first-order chi connectivity index (χ1) is 15.7. The molecule has 0 aliphatic carbocycles. The molecule has 1 heterocycles. The summed E-state index contributed by atoms with van der Waals surface area (Å²) in [6.07, 6.45) is 0.727. The molecule has 1 amide bonds. The average molecular weight is 568 g/mol. The highest BCUT2D eigenvalue weighted by Crippen LogP contribution is 2.33. The summed E-state index contributed by atoms with van der Waals surface area (Å²) >= 11 is 15.7. The minimum atomic E-state index is -3.99. The topological polar surface area (TPSA) is 57.7 Å². The van der Waals surface area contributed by atoms with Crippen molar-refractivity contribution in [2.24, 2.45) is 0 Å². The molecule has 172 valence electrons. The molecule has 1 atom stereocenters. The number of benzene rings is 3. The fourth-order valence-electron chi connectivity index (χ4n) is 3.99. The largest absolute Gasteiger partial charge is 0.308 e.